The van der Waals surface area contributed by atoms with Crippen LogP contribution in [0.5, 0.6) is 0 Å². The Hall–Kier alpha value is -1.38. The lowest BCUT2D eigenvalue weighted by Gasteiger charge is -2.17. The summed E-state index contributed by atoms with van der Waals surface area (Å²) in [5.74, 6) is 0.221. The summed E-state index contributed by atoms with van der Waals surface area (Å²) in [5, 5.41) is 7.32. The average Bonchev–Trinajstić information content (AvgIpc) is 2.08. The minimum absolute atomic E-state index is 0.212. The molecule has 0 heterocycles. The molecule has 3 heteroatoms. The molecule has 2 nitrogen and oxygen atoms in total. The van der Waals surface area contributed by atoms with Gasteiger partial charge in [0.15, 0.2) is 0 Å². The molecule has 0 aliphatic heterocycles. The van der Waals surface area contributed by atoms with Crippen molar-refractivity contribution in [3.63, 3.8) is 0 Å². The third-order valence-corrected chi connectivity index (χ3v) is 1.94. The van der Waals surface area contributed by atoms with E-state index in [1.54, 1.807) is 37.1 Å². The van der Waals surface area contributed by atoms with Gasteiger partial charge in [-0.15, -0.1) is 0 Å². The highest BCUT2D eigenvalue weighted by Crippen LogP contribution is 2.08. The highest BCUT2D eigenvalue weighted by atomic mass is 19.1. The fraction of sp³-hybridized carbons (Fsp3) is 0.300. The summed E-state index contributed by atoms with van der Waals surface area (Å²) >= 11 is 0. The van der Waals surface area contributed by atoms with E-state index in [2.05, 4.69) is 0 Å². The first-order valence-corrected chi connectivity index (χ1v) is 4.11. The van der Waals surface area contributed by atoms with Gasteiger partial charge in [-0.3, -0.25) is 5.41 Å². The minimum Gasteiger partial charge on any atom is -0.359 e. The first kappa shape index (κ1) is 9.71. The van der Waals surface area contributed by atoms with Gasteiger partial charge in [-0.1, -0.05) is 18.2 Å². The molecule has 1 N–H and O–H groups in total. The summed E-state index contributed by atoms with van der Waals surface area (Å²) in [6.07, 6.45) is 0. The van der Waals surface area contributed by atoms with Crippen LogP contribution in [0.3, 0.4) is 0 Å². The zero-order chi connectivity index (χ0) is 9.84. The minimum atomic E-state index is -0.212. The molecule has 0 saturated carbocycles. The quantitative estimate of drug-likeness (QED) is 0.548. The second kappa shape index (κ2) is 4.03. The highest BCUT2D eigenvalue weighted by Gasteiger charge is 2.04. The van der Waals surface area contributed by atoms with Crippen molar-refractivity contribution in [1.29, 1.82) is 5.41 Å². The van der Waals surface area contributed by atoms with Crippen molar-refractivity contribution in [2.24, 2.45) is 0 Å². The second-order valence-corrected chi connectivity index (χ2v) is 3.03. The number of halogens is 1. The van der Waals surface area contributed by atoms with Gasteiger partial charge in [-0.05, 0) is 13.0 Å². The molecule has 0 amide bonds. The van der Waals surface area contributed by atoms with Crippen LogP contribution in [0.15, 0.2) is 24.3 Å². The van der Waals surface area contributed by atoms with Gasteiger partial charge in [-0.25, -0.2) is 4.39 Å². The largest absolute Gasteiger partial charge is 0.359 e. The number of nitrogens with zero attached hydrogens (tertiary/aromatic N) is 1. The number of hydrogen-bond acceptors (Lipinski definition) is 1. The van der Waals surface area contributed by atoms with Crippen LogP contribution in [-0.4, -0.2) is 17.8 Å². The summed E-state index contributed by atoms with van der Waals surface area (Å²) in [5.41, 5.74) is 0.622. The smallest absolute Gasteiger partial charge is 0.128 e. The Bertz CT molecular complexity index is 310. The van der Waals surface area contributed by atoms with E-state index >= 15 is 0 Å². The van der Waals surface area contributed by atoms with Gasteiger partial charge in [0.1, 0.15) is 5.82 Å². The Morgan fingerprint density at radius 1 is 1.46 bits per heavy atom. The van der Waals surface area contributed by atoms with Gasteiger partial charge in [-0.2, -0.15) is 0 Å². The Labute approximate surface area is 77.5 Å². The number of hydrogen-bond donors (Lipinski definition) is 1. The molecule has 0 radical (unpaired) electrons. The Balaban J connectivity index is 2.74. The Kier molecular flexibility index (Phi) is 3.01. The molecular formula is C10H13FN2. The van der Waals surface area contributed by atoms with Crippen molar-refractivity contribution >= 4 is 5.84 Å². The SMILES string of the molecule is CC(=N)N(C)Cc1ccccc1F. The Morgan fingerprint density at radius 3 is 2.62 bits per heavy atom. The fourth-order valence-electron chi connectivity index (χ4n) is 1.00. The normalized spacial score (nSPS) is 9.77. The number of nitrogens with one attached hydrogen (secondary N) is 1. The van der Waals surface area contributed by atoms with E-state index in [0.29, 0.717) is 17.9 Å². The van der Waals surface area contributed by atoms with Crippen LogP contribution in [0.25, 0.3) is 0 Å². The molecule has 1 rings (SSSR count). The van der Waals surface area contributed by atoms with Crippen LogP contribution in [0.1, 0.15) is 12.5 Å². The molecule has 1 aromatic carbocycles. The fourth-order valence-corrected chi connectivity index (χ4v) is 1.00. The van der Waals surface area contributed by atoms with Gasteiger partial charge in [0.2, 0.25) is 0 Å². The predicted molar refractivity (Wildman–Crippen MR) is 51.3 cm³/mol. The summed E-state index contributed by atoms with van der Waals surface area (Å²) in [7, 11) is 1.77. The summed E-state index contributed by atoms with van der Waals surface area (Å²) in [6, 6.07) is 6.62. The van der Waals surface area contributed by atoms with E-state index in [1.165, 1.54) is 6.07 Å². The highest BCUT2D eigenvalue weighted by molar-refractivity contribution is 5.75. The number of benzene rings is 1. The molecule has 0 atom stereocenters. The maximum absolute atomic E-state index is 13.1. The number of rotatable bonds is 2. The maximum atomic E-state index is 13.1. The van der Waals surface area contributed by atoms with E-state index in [0.717, 1.165) is 0 Å². The summed E-state index contributed by atoms with van der Waals surface area (Å²) in [4.78, 5) is 1.69. The summed E-state index contributed by atoms with van der Waals surface area (Å²) < 4.78 is 13.1. The molecule has 0 fully saturated rings. The van der Waals surface area contributed by atoms with Crippen molar-refractivity contribution in [3.05, 3.63) is 35.6 Å². The van der Waals surface area contributed by atoms with Crippen LogP contribution in [-0.2, 0) is 6.54 Å². The molecule has 0 aliphatic carbocycles. The molecular weight excluding hydrogens is 167 g/mol. The predicted octanol–water partition coefficient (Wildman–Crippen LogP) is 2.25. The van der Waals surface area contributed by atoms with E-state index in [-0.39, 0.29) is 5.82 Å². The molecule has 70 valence electrons. The van der Waals surface area contributed by atoms with Gasteiger partial charge >= 0.3 is 0 Å². The topological polar surface area (TPSA) is 27.1 Å². The molecule has 0 bridgehead atoms. The van der Waals surface area contributed by atoms with Gasteiger partial charge in [0, 0.05) is 19.2 Å². The molecule has 0 unspecified atom stereocenters. The molecule has 0 aromatic heterocycles. The lowest BCUT2D eigenvalue weighted by atomic mass is 10.2. The molecule has 0 saturated heterocycles. The molecule has 0 spiro atoms. The number of amidine groups is 1. The van der Waals surface area contributed by atoms with Crippen LogP contribution in [0.2, 0.25) is 0 Å². The molecule has 13 heavy (non-hydrogen) atoms. The third kappa shape index (κ3) is 2.54. The van der Waals surface area contributed by atoms with Crippen LogP contribution in [0.4, 0.5) is 4.39 Å². The zero-order valence-corrected chi connectivity index (χ0v) is 7.84. The van der Waals surface area contributed by atoms with E-state index in [9.17, 15) is 4.39 Å². The van der Waals surface area contributed by atoms with Gasteiger partial charge < -0.3 is 4.90 Å². The zero-order valence-electron chi connectivity index (χ0n) is 7.84. The monoisotopic (exact) mass is 180 g/mol. The van der Waals surface area contributed by atoms with E-state index in [4.69, 9.17) is 5.41 Å². The summed E-state index contributed by atoms with van der Waals surface area (Å²) in [6.45, 7) is 2.13. The standard InChI is InChI=1S/C10H13FN2/c1-8(12)13(2)7-9-5-3-4-6-10(9)11/h3-6,12H,7H2,1-2H3. The Morgan fingerprint density at radius 2 is 2.08 bits per heavy atom. The van der Waals surface area contributed by atoms with Crippen molar-refractivity contribution in [2.75, 3.05) is 7.05 Å². The van der Waals surface area contributed by atoms with Crippen LogP contribution in [0, 0.1) is 11.2 Å². The van der Waals surface area contributed by atoms with E-state index in [1.807, 2.05) is 0 Å². The van der Waals surface area contributed by atoms with Crippen LogP contribution >= 0.6 is 0 Å². The van der Waals surface area contributed by atoms with Crippen molar-refractivity contribution in [2.45, 2.75) is 13.5 Å². The first-order chi connectivity index (χ1) is 6.11. The first-order valence-electron chi connectivity index (χ1n) is 4.11. The van der Waals surface area contributed by atoms with Crippen molar-refractivity contribution < 1.29 is 4.39 Å². The second-order valence-electron chi connectivity index (χ2n) is 3.03. The van der Waals surface area contributed by atoms with Crippen molar-refractivity contribution in [3.8, 4) is 0 Å². The van der Waals surface area contributed by atoms with E-state index < -0.39 is 0 Å². The third-order valence-electron chi connectivity index (χ3n) is 1.94. The van der Waals surface area contributed by atoms with Crippen LogP contribution < -0.4 is 0 Å². The lowest BCUT2D eigenvalue weighted by molar-refractivity contribution is 0.474. The molecule has 1 aromatic rings. The maximum Gasteiger partial charge on any atom is 0.128 e. The van der Waals surface area contributed by atoms with Gasteiger partial charge in [0.25, 0.3) is 0 Å². The average molecular weight is 180 g/mol. The van der Waals surface area contributed by atoms with Gasteiger partial charge in [0.05, 0.1) is 5.84 Å². The molecule has 0 aliphatic rings. The lowest BCUT2D eigenvalue weighted by Crippen LogP contribution is -2.22. The van der Waals surface area contributed by atoms with Crippen molar-refractivity contribution in [1.82, 2.24) is 4.90 Å².